The number of nitrogens with zero attached hydrogens (tertiary/aromatic N) is 2. The van der Waals surface area contributed by atoms with E-state index < -0.39 is 4.92 Å². The van der Waals surface area contributed by atoms with E-state index in [-0.39, 0.29) is 5.69 Å². The highest BCUT2D eigenvalue weighted by Gasteiger charge is 2.16. The van der Waals surface area contributed by atoms with E-state index in [9.17, 15) is 14.9 Å². The normalized spacial score (nSPS) is 9.56. The molecule has 0 amide bonds. The SMILES string of the molecule is C=CCN(C)c1ccc(C=O)cc1[N+](=O)[O-]. The first-order valence-electron chi connectivity index (χ1n) is 4.65. The van der Waals surface area contributed by atoms with E-state index in [0.717, 1.165) is 0 Å². The van der Waals surface area contributed by atoms with Gasteiger partial charge in [0.15, 0.2) is 0 Å². The maximum absolute atomic E-state index is 10.8. The van der Waals surface area contributed by atoms with E-state index in [0.29, 0.717) is 24.1 Å². The van der Waals surface area contributed by atoms with Crippen molar-refractivity contribution in [2.75, 3.05) is 18.5 Å². The van der Waals surface area contributed by atoms with E-state index in [2.05, 4.69) is 6.58 Å². The molecule has 1 aromatic rings. The molecular weight excluding hydrogens is 208 g/mol. The van der Waals surface area contributed by atoms with Crippen LogP contribution in [0.25, 0.3) is 0 Å². The first kappa shape index (κ1) is 11.9. The molecule has 1 rings (SSSR count). The second-order valence-electron chi connectivity index (χ2n) is 3.29. The standard InChI is InChI=1S/C11H12N2O3/c1-3-6-12(2)10-5-4-9(8-14)7-11(10)13(15)16/h3-5,7-8H,1,6H2,2H3. The maximum atomic E-state index is 10.8. The number of carbonyl (C=O) groups excluding carboxylic acids is 1. The molecular formula is C11H12N2O3. The summed E-state index contributed by atoms with van der Waals surface area (Å²) in [6, 6.07) is 4.38. The monoisotopic (exact) mass is 220 g/mol. The Labute approximate surface area is 93.1 Å². The molecule has 0 aromatic heterocycles. The molecule has 0 bridgehead atoms. The summed E-state index contributed by atoms with van der Waals surface area (Å²) >= 11 is 0. The van der Waals surface area contributed by atoms with Crippen LogP contribution in [0.15, 0.2) is 30.9 Å². The zero-order valence-electron chi connectivity index (χ0n) is 8.92. The molecule has 5 nitrogen and oxygen atoms in total. The van der Waals surface area contributed by atoms with Crippen molar-refractivity contribution in [2.24, 2.45) is 0 Å². The van der Waals surface area contributed by atoms with E-state index in [1.54, 1.807) is 30.2 Å². The molecule has 0 fully saturated rings. The number of benzene rings is 1. The van der Waals surface area contributed by atoms with Gasteiger partial charge < -0.3 is 4.90 Å². The van der Waals surface area contributed by atoms with Crippen molar-refractivity contribution in [1.82, 2.24) is 0 Å². The first-order chi connectivity index (χ1) is 7.60. The van der Waals surface area contributed by atoms with Gasteiger partial charge in [0.1, 0.15) is 12.0 Å². The van der Waals surface area contributed by atoms with Crippen LogP contribution in [-0.2, 0) is 0 Å². The number of anilines is 1. The van der Waals surface area contributed by atoms with Crippen molar-refractivity contribution < 1.29 is 9.72 Å². The van der Waals surface area contributed by atoms with E-state index >= 15 is 0 Å². The highest BCUT2D eigenvalue weighted by atomic mass is 16.6. The van der Waals surface area contributed by atoms with Crippen LogP contribution in [0.2, 0.25) is 0 Å². The summed E-state index contributed by atoms with van der Waals surface area (Å²) in [5, 5.41) is 10.8. The van der Waals surface area contributed by atoms with Gasteiger partial charge in [0.2, 0.25) is 0 Å². The maximum Gasteiger partial charge on any atom is 0.293 e. The largest absolute Gasteiger partial charge is 0.365 e. The number of hydrogen-bond donors (Lipinski definition) is 0. The third-order valence-corrected chi connectivity index (χ3v) is 2.15. The van der Waals surface area contributed by atoms with Gasteiger partial charge >= 0.3 is 0 Å². The first-order valence-corrected chi connectivity index (χ1v) is 4.65. The predicted octanol–water partition coefficient (Wildman–Crippen LogP) is 2.03. The molecule has 0 heterocycles. The molecule has 0 saturated carbocycles. The average molecular weight is 220 g/mol. The minimum atomic E-state index is -0.498. The molecule has 0 aliphatic heterocycles. The number of nitro groups is 1. The molecule has 0 spiro atoms. The molecule has 84 valence electrons. The smallest absolute Gasteiger partial charge is 0.293 e. The Morgan fingerprint density at radius 2 is 2.25 bits per heavy atom. The van der Waals surface area contributed by atoms with Crippen LogP contribution < -0.4 is 4.90 Å². The minimum absolute atomic E-state index is 0.0750. The molecule has 0 radical (unpaired) electrons. The summed E-state index contributed by atoms with van der Waals surface area (Å²) in [5.41, 5.74) is 0.687. The average Bonchev–Trinajstić information content (AvgIpc) is 2.28. The zero-order valence-corrected chi connectivity index (χ0v) is 8.92. The van der Waals surface area contributed by atoms with Crippen molar-refractivity contribution in [2.45, 2.75) is 0 Å². The Hall–Kier alpha value is -2.17. The number of aldehydes is 1. The third-order valence-electron chi connectivity index (χ3n) is 2.15. The summed E-state index contributed by atoms with van der Waals surface area (Å²) in [7, 11) is 1.73. The number of nitro benzene ring substituents is 1. The van der Waals surface area contributed by atoms with Crippen LogP contribution in [-0.4, -0.2) is 24.8 Å². The van der Waals surface area contributed by atoms with Gasteiger partial charge in [0, 0.05) is 25.2 Å². The quantitative estimate of drug-likeness (QED) is 0.329. The van der Waals surface area contributed by atoms with Crippen LogP contribution in [0.3, 0.4) is 0 Å². The van der Waals surface area contributed by atoms with Gasteiger partial charge in [-0.1, -0.05) is 6.08 Å². The number of carbonyl (C=O) groups is 1. The van der Waals surface area contributed by atoms with E-state index in [1.807, 2.05) is 0 Å². The lowest BCUT2D eigenvalue weighted by atomic mass is 10.2. The second-order valence-corrected chi connectivity index (χ2v) is 3.29. The summed E-state index contributed by atoms with van der Waals surface area (Å²) in [6.07, 6.45) is 2.24. The number of hydrogen-bond acceptors (Lipinski definition) is 4. The fourth-order valence-corrected chi connectivity index (χ4v) is 1.37. The molecule has 16 heavy (non-hydrogen) atoms. The predicted molar refractivity (Wildman–Crippen MR) is 62.0 cm³/mol. The minimum Gasteiger partial charge on any atom is -0.365 e. The molecule has 0 unspecified atom stereocenters. The van der Waals surface area contributed by atoms with Crippen LogP contribution in [0, 0.1) is 10.1 Å². The third kappa shape index (κ3) is 2.44. The highest BCUT2D eigenvalue weighted by Crippen LogP contribution is 2.27. The van der Waals surface area contributed by atoms with Gasteiger partial charge in [0.05, 0.1) is 4.92 Å². The molecule has 0 aliphatic rings. The van der Waals surface area contributed by atoms with Crippen LogP contribution in [0.4, 0.5) is 11.4 Å². The Bertz CT molecular complexity index is 429. The molecule has 1 aromatic carbocycles. The fourth-order valence-electron chi connectivity index (χ4n) is 1.37. The molecule has 0 atom stereocenters. The Balaban J connectivity index is 3.22. The van der Waals surface area contributed by atoms with Crippen molar-refractivity contribution in [3.63, 3.8) is 0 Å². The zero-order chi connectivity index (χ0) is 12.1. The fraction of sp³-hybridized carbons (Fsp3) is 0.182. The van der Waals surface area contributed by atoms with Gasteiger partial charge in [-0.15, -0.1) is 6.58 Å². The number of rotatable bonds is 5. The second kappa shape index (κ2) is 5.06. The van der Waals surface area contributed by atoms with Crippen LogP contribution in [0.1, 0.15) is 10.4 Å². The molecule has 0 N–H and O–H groups in total. The van der Waals surface area contributed by atoms with Crippen LogP contribution in [0.5, 0.6) is 0 Å². The Morgan fingerprint density at radius 1 is 1.56 bits per heavy atom. The lowest BCUT2D eigenvalue weighted by Crippen LogP contribution is -2.18. The van der Waals surface area contributed by atoms with Crippen molar-refractivity contribution in [3.05, 3.63) is 46.5 Å². The van der Waals surface area contributed by atoms with Gasteiger partial charge in [-0.25, -0.2) is 0 Å². The Kier molecular flexibility index (Phi) is 3.77. The summed E-state index contributed by atoms with van der Waals surface area (Å²) < 4.78 is 0. The van der Waals surface area contributed by atoms with Gasteiger partial charge in [-0.3, -0.25) is 14.9 Å². The van der Waals surface area contributed by atoms with Crippen molar-refractivity contribution >= 4 is 17.7 Å². The Morgan fingerprint density at radius 3 is 2.75 bits per heavy atom. The van der Waals surface area contributed by atoms with E-state index in [4.69, 9.17) is 0 Å². The summed E-state index contributed by atoms with van der Waals surface area (Å²) in [4.78, 5) is 22.6. The summed E-state index contributed by atoms with van der Waals surface area (Å²) in [5.74, 6) is 0. The van der Waals surface area contributed by atoms with Crippen molar-refractivity contribution in [1.29, 1.82) is 0 Å². The van der Waals surface area contributed by atoms with Gasteiger partial charge in [-0.2, -0.15) is 0 Å². The highest BCUT2D eigenvalue weighted by molar-refractivity contribution is 5.79. The van der Waals surface area contributed by atoms with E-state index in [1.165, 1.54) is 6.07 Å². The van der Waals surface area contributed by atoms with Crippen LogP contribution >= 0.6 is 0 Å². The lowest BCUT2D eigenvalue weighted by Gasteiger charge is -2.16. The molecule has 0 saturated heterocycles. The lowest BCUT2D eigenvalue weighted by molar-refractivity contribution is -0.384. The molecule has 0 aliphatic carbocycles. The topological polar surface area (TPSA) is 63.5 Å². The number of likely N-dealkylation sites (N-methyl/N-ethyl adjacent to an activating group) is 1. The van der Waals surface area contributed by atoms with Crippen molar-refractivity contribution in [3.8, 4) is 0 Å². The van der Waals surface area contributed by atoms with Gasteiger partial charge in [-0.05, 0) is 12.1 Å². The summed E-state index contributed by atoms with van der Waals surface area (Å²) in [6.45, 7) is 4.07. The molecule has 5 heteroatoms. The van der Waals surface area contributed by atoms with Gasteiger partial charge in [0.25, 0.3) is 5.69 Å².